The predicted molar refractivity (Wildman–Crippen MR) is 119 cm³/mol. The fourth-order valence-corrected chi connectivity index (χ4v) is 4.32. The van der Waals surface area contributed by atoms with Crippen LogP contribution in [0.25, 0.3) is 6.08 Å². The summed E-state index contributed by atoms with van der Waals surface area (Å²) in [5.74, 6) is -0.902. The minimum Gasteiger partial charge on any atom is -0.550 e. The van der Waals surface area contributed by atoms with Gasteiger partial charge in [0, 0.05) is 29.0 Å². The molecule has 1 fully saturated rings. The molecule has 0 unspecified atom stereocenters. The molecule has 0 spiro atoms. The van der Waals surface area contributed by atoms with Gasteiger partial charge in [-0.15, -0.1) is 0 Å². The van der Waals surface area contributed by atoms with E-state index in [4.69, 9.17) is 17.0 Å². The number of carbonyl (C=O) groups excluding carboxylic acids is 2. The Hall–Kier alpha value is -2.16. The quantitative estimate of drug-likeness (QED) is 0.435. The van der Waals surface area contributed by atoms with Gasteiger partial charge in [-0.2, -0.15) is 0 Å². The minimum atomic E-state index is -1.22. The molecule has 0 aliphatic carbocycles. The van der Waals surface area contributed by atoms with Gasteiger partial charge in [-0.3, -0.25) is 9.69 Å². The molecule has 8 heteroatoms. The lowest BCUT2D eigenvalue weighted by Gasteiger charge is -2.14. The first kappa shape index (κ1) is 21.5. The molecular weight excluding hydrogens is 474 g/mol. The van der Waals surface area contributed by atoms with E-state index >= 15 is 0 Å². The third-order valence-corrected chi connectivity index (χ3v) is 6.06. The number of rotatable bonds is 7. The van der Waals surface area contributed by atoms with E-state index in [1.54, 1.807) is 6.08 Å². The molecule has 1 aliphatic rings. The molecule has 5 nitrogen and oxygen atoms in total. The fourth-order valence-electron chi connectivity index (χ4n) is 2.65. The van der Waals surface area contributed by atoms with Crippen LogP contribution in [0.5, 0.6) is 5.75 Å². The van der Waals surface area contributed by atoms with Crippen LogP contribution in [0.1, 0.15) is 23.1 Å². The van der Waals surface area contributed by atoms with E-state index in [-0.39, 0.29) is 18.9 Å². The number of thiocarbonyl (C=S) groups is 1. The Bertz CT molecular complexity index is 989. The van der Waals surface area contributed by atoms with Crippen LogP contribution in [0.4, 0.5) is 0 Å². The Kier molecular flexibility index (Phi) is 7.10. The smallest absolute Gasteiger partial charge is 0.266 e. The zero-order valence-electron chi connectivity index (χ0n) is 15.5. The van der Waals surface area contributed by atoms with Gasteiger partial charge in [0.05, 0.1) is 4.91 Å². The summed E-state index contributed by atoms with van der Waals surface area (Å²) in [5.41, 5.74) is 2.95. The number of benzene rings is 2. The second-order valence-electron chi connectivity index (χ2n) is 6.41. The van der Waals surface area contributed by atoms with Gasteiger partial charge in [0.2, 0.25) is 0 Å². The number of hydrogen-bond donors (Lipinski definition) is 0. The van der Waals surface area contributed by atoms with Crippen molar-refractivity contribution in [2.75, 3.05) is 6.54 Å². The van der Waals surface area contributed by atoms with E-state index in [0.29, 0.717) is 21.6 Å². The van der Waals surface area contributed by atoms with Crippen molar-refractivity contribution < 1.29 is 19.4 Å². The third kappa shape index (κ3) is 5.68. The van der Waals surface area contributed by atoms with Crippen LogP contribution in [0, 0.1) is 6.92 Å². The van der Waals surface area contributed by atoms with E-state index in [9.17, 15) is 14.7 Å². The van der Waals surface area contributed by atoms with Crippen LogP contribution < -0.4 is 9.84 Å². The minimum absolute atomic E-state index is 0.000392. The number of thioether (sulfide) groups is 1. The van der Waals surface area contributed by atoms with Crippen LogP contribution in [0.3, 0.4) is 0 Å². The first-order chi connectivity index (χ1) is 13.8. The number of halogens is 1. The number of carboxylic acids is 1. The topological polar surface area (TPSA) is 69.7 Å². The monoisotopic (exact) mass is 490 g/mol. The molecule has 1 aliphatic heterocycles. The lowest BCUT2D eigenvalue weighted by molar-refractivity contribution is -0.305. The van der Waals surface area contributed by atoms with Crippen molar-refractivity contribution in [1.82, 2.24) is 4.90 Å². The largest absolute Gasteiger partial charge is 0.550 e. The van der Waals surface area contributed by atoms with E-state index < -0.39 is 5.97 Å². The van der Waals surface area contributed by atoms with Gasteiger partial charge in [0.15, 0.2) is 0 Å². The second kappa shape index (κ2) is 9.56. The first-order valence-electron chi connectivity index (χ1n) is 8.76. The lowest BCUT2D eigenvalue weighted by atomic mass is 10.1. The summed E-state index contributed by atoms with van der Waals surface area (Å²) >= 11 is 9.81. The molecule has 1 amide bonds. The molecular formula is C21H17BrNO4S2-. The highest BCUT2D eigenvalue weighted by atomic mass is 79.9. The maximum absolute atomic E-state index is 12.6. The highest BCUT2D eigenvalue weighted by molar-refractivity contribution is 9.10. The van der Waals surface area contributed by atoms with Crippen molar-refractivity contribution in [2.24, 2.45) is 0 Å². The maximum Gasteiger partial charge on any atom is 0.266 e. The number of nitrogens with zero attached hydrogens (tertiary/aromatic N) is 1. The van der Waals surface area contributed by atoms with Gasteiger partial charge >= 0.3 is 0 Å². The maximum atomic E-state index is 12.6. The standard InChI is InChI=1S/C21H18BrNO4S2/c1-13-2-4-14(5-3-13)12-27-17-7-6-16(22)10-15(17)11-18-20(26)23(21(28)29-18)9-8-19(24)25/h2-7,10-11H,8-9,12H2,1H3,(H,24,25)/p-1/b18-11-. The summed E-state index contributed by atoms with van der Waals surface area (Å²) in [4.78, 5) is 25.0. The number of aryl methyl sites for hydroxylation is 1. The zero-order valence-corrected chi connectivity index (χ0v) is 18.7. The molecule has 0 atom stereocenters. The number of aliphatic carboxylic acids is 1. The summed E-state index contributed by atoms with van der Waals surface area (Å²) < 4.78 is 7.16. The summed E-state index contributed by atoms with van der Waals surface area (Å²) in [6, 6.07) is 13.6. The Morgan fingerprint density at radius 1 is 1.28 bits per heavy atom. The second-order valence-corrected chi connectivity index (χ2v) is 9.00. The molecule has 1 heterocycles. The van der Waals surface area contributed by atoms with Crippen LogP contribution in [-0.2, 0) is 16.2 Å². The predicted octanol–water partition coefficient (Wildman–Crippen LogP) is 3.68. The third-order valence-electron chi connectivity index (χ3n) is 4.19. The van der Waals surface area contributed by atoms with Crippen molar-refractivity contribution >= 4 is 62.2 Å². The molecule has 150 valence electrons. The van der Waals surface area contributed by atoms with Gasteiger partial charge in [0.25, 0.3) is 5.91 Å². The Balaban J connectivity index is 1.80. The molecule has 2 aromatic carbocycles. The highest BCUT2D eigenvalue weighted by Gasteiger charge is 2.31. The Labute approximate surface area is 186 Å². The number of hydrogen-bond acceptors (Lipinski definition) is 6. The molecule has 0 saturated carbocycles. The van der Waals surface area contributed by atoms with Crippen LogP contribution in [-0.4, -0.2) is 27.6 Å². The van der Waals surface area contributed by atoms with Gasteiger partial charge in [0.1, 0.15) is 16.7 Å². The van der Waals surface area contributed by atoms with E-state index in [0.717, 1.165) is 27.4 Å². The number of carboxylic acid groups (broad SMARTS) is 1. The van der Waals surface area contributed by atoms with Gasteiger partial charge in [-0.1, -0.05) is 69.7 Å². The average molecular weight is 491 g/mol. The van der Waals surface area contributed by atoms with Crippen molar-refractivity contribution in [3.8, 4) is 5.75 Å². The van der Waals surface area contributed by atoms with Crippen molar-refractivity contribution in [3.05, 3.63) is 68.5 Å². The van der Waals surface area contributed by atoms with E-state index in [1.165, 1.54) is 10.5 Å². The molecule has 0 radical (unpaired) electrons. The molecule has 3 rings (SSSR count). The van der Waals surface area contributed by atoms with Gasteiger partial charge in [-0.25, -0.2) is 0 Å². The van der Waals surface area contributed by atoms with Crippen molar-refractivity contribution in [3.63, 3.8) is 0 Å². The Morgan fingerprint density at radius 3 is 2.69 bits per heavy atom. The molecule has 29 heavy (non-hydrogen) atoms. The van der Waals surface area contributed by atoms with Crippen LogP contribution in [0.2, 0.25) is 0 Å². The fraction of sp³-hybridized carbons (Fsp3) is 0.190. The SMILES string of the molecule is Cc1ccc(COc2ccc(Br)cc2/C=C2\SC(=S)N(CCC(=O)[O-])C2=O)cc1. The lowest BCUT2D eigenvalue weighted by Crippen LogP contribution is -2.33. The van der Waals surface area contributed by atoms with E-state index in [1.807, 2.05) is 49.4 Å². The molecule has 0 N–H and O–H groups in total. The number of ether oxygens (including phenoxy) is 1. The van der Waals surface area contributed by atoms with Gasteiger partial charge in [-0.05, 0) is 36.8 Å². The highest BCUT2D eigenvalue weighted by Crippen LogP contribution is 2.35. The van der Waals surface area contributed by atoms with Crippen LogP contribution in [0.15, 0.2) is 51.8 Å². The number of amides is 1. The van der Waals surface area contributed by atoms with Crippen molar-refractivity contribution in [1.29, 1.82) is 0 Å². The Morgan fingerprint density at radius 2 is 2.00 bits per heavy atom. The number of carbonyl (C=O) groups is 2. The molecule has 1 saturated heterocycles. The van der Waals surface area contributed by atoms with Crippen molar-refractivity contribution in [2.45, 2.75) is 20.0 Å². The summed E-state index contributed by atoms with van der Waals surface area (Å²) in [7, 11) is 0. The normalized spacial score (nSPS) is 15.2. The summed E-state index contributed by atoms with van der Waals surface area (Å²) in [6.07, 6.45) is 1.45. The molecule has 0 aromatic heterocycles. The summed E-state index contributed by atoms with van der Waals surface area (Å²) in [5, 5.41) is 10.7. The van der Waals surface area contributed by atoms with Crippen LogP contribution >= 0.6 is 39.9 Å². The summed E-state index contributed by atoms with van der Waals surface area (Å²) in [6.45, 7) is 2.43. The van der Waals surface area contributed by atoms with Gasteiger partial charge < -0.3 is 14.6 Å². The first-order valence-corrected chi connectivity index (χ1v) is 10.8. The molecule has 2 aromatic rings. The zero-order chi connectivity index (χ0) is 21.0. The average Bonchev–Trinajstić information content (AvgIpc) is 2.93. The van der Waals surface area contributed by atoms with E-state index in [2.05, 4.69) is 15.9 Å². The molecule has 0 bridgehead atoms.